The summed E-state index contributed by atoms with van der Waals surface area (Å²) in [6.07, 6.45) is 4.13. The molecule has 2 heterocycles. The summed E-state index contributed by atoms with van der Waals surface area (Å²) < 4.78 is 0. The molecular weight excluding hydrogens is 160 g/mol. The van der Waals surface area contributed by atoms with Crippen molar-refractivity contribution < 1.29 is 0 Å². The van der Waals surface area contributed by atoms with Crippen LogP contribution in [0.2, 0.25) is 0 Å². The first-order chi connectivity index (χ1) is 6.22. The quantitative estimate of drug-likeness (QED) is 0.676. The zero-order chi connectivity index (χ0) is 9.42. The molecule has 2 aliphatic heterocycles. The number of hydrogen-bond donors (Lipinski definition) is 2. The molecule has 3 fully saturated rings. The summed E-state index contributed by atoms with van der Waals surface area (Å²) in [6.45, 7) is 5.72. The lowest BCUT2D eigenvalue weighted by Crippen LogP contribution is -2.59. The predicted octanol–water partition coefficient (Wildman–Crippen LogP) is 1.36. The molecule has 0 spiro atoms. The molecule has 2 saturated heterocycles. The second-order valence-corrected chi connectivity index (χ2v) is 4.96. The second-order valence-electron chi connectivity index (χ2n) is 4.96. The summed E-state index contributed by atoms with van der Waals surface area (Å²) in [5.74, 6) is 2.53. The fourth-order valence-corrected chi connectivity index (χ4v) is 3.30. The van der Waals surface area contributed by atoms with Gasteiger partial charge in [-0.05, 0) is 44.1 Å². The number of rotatable bonds is 2. The van der Waals surface area contributed by atoms with Crippen LogP contribution < -0.4 is 11.1 Å². The fourth-order valence-electron chi connectivity index (χ4n) is 3.30. The van der Waals surface area contributed by atoms with Gasteiger partial charge in [-0.25, -0.2) is 0 Å². The molecule has 13 heavy (non-hydrogen) atoms. The summed E-state index contributed by atoms with van der Waals surface area (Å²) in [5, 5.41) is 3.67. The van der Waals surface area contributed by atoms with Gasteiger partial charge in [-0.3, -0.25) is 0 Å². The van der Waals surface area contributed by atoms with Crippen LogP contribution in [0.4, 0.5) is 0 Å². The van der Waals surface area contributed by atoms with Gasteiger partial charge in [-0.1, -0.05) is 13.3 Å². The predicted molar refractivity (Wildman–Crippen MR) is 55.4 cm³/mol. The zero-order valence-electron chi connectivity index (χ0n) is 8.79. The summed E-state index contributed by atoms with van der Waals surface area (Å²) in [4.78, 5) is 0. The van der Waals surface area contributed by atoms with E-state index in [2.05, 4.69) is 19.2 Å². The third kappa shape index (κ3) is 1.62. The lowest BCUT2D eigenvalue weighted by atomic mass is 9.65. The normalized spacial score (nSPS) is 46.4. The van der Waals surface area contributed by atoms with Crippen LogP contribution in [0.25, 0.3) is 0 Å². The molecule has 1 saturated carbocycles. The van der Waals surface area contributed by atoms with E-state index in [0.29, 0.717) is 6.04 Å². The van der Waals surface area contributed by atoms with E-state index in [-0.39, 0.29) is 0 Å². The van der Waals surface area contributed by atoms with Crippen molar-refractivity contribution in [2.75, 3.05) is 6.54 Å². The highest BCUT2D eigenvalue weighted by molar-refractivity contribution is 4.98. The van der Waals surface area contributed by atoms with Crippen LogP contribution in [-0.4, -0.2) is 18.6 Å². The molecule has 0 radical (unpaired) electrons. The molecule has 0 amide bonds. The number of piperidine rings is 2. The molecule has 3 rings (SSSR count). The number of nitrogens with two attached hydrogens (primary N) is 1. The van der Waals surface area contributed by atoms with E-state index in [1.807, 2.05) is 0 Å². The molecule has 3 aliphatic rings. The molecule has 5 atom stereocenters. The standard InChI is InChI=1S/C11H22N2/c1-3-9-4-8-5-10(7(2)12)11(9)13-6-8/h7-11,13H,3-6,12H2,1-2H3/t7?,8?,9?,10-,11?/m0/s1. The van der Waals surface area contributed by atoms with Gasteiger partial charge < -0.3 is 11.1 Å². The molecule has 0 aromatic rings. The summed E-state index contributed by atoms with van der Waals surface area (Å²) in [5.41, 5.74) is 6.03. The largest absolute Gasteiger partial charge is 0.328 e. The minimum absolute atomic E-state index is 0.370. The Balaban J connectivity index is 2.08. The maximum atomic E-state index is 6.03. The van der Waals surface area contributed by atoms with Crippen LogP contribution in [0, 0.1) is 17.8 Å². The first kappa shape index (κ1) is 9.47. The molecule has 76 valence electrons. The summed E-state index contributed by atoms with van der Waals surface area (Å²) in [7, 11) is 0. The molecule has 1 aliphatic carbocycles. The van der Waals surface area contributed by atoms with Crippen molar-refractivity contribution in [3.05, 3.63) is 0 Å². The van der Waals surface area contributed by atoms with Crippen LogP contribution >= 0.6 is 0 Å². The third-order valence-corrected chi connectivity index (χ3v) is 4.05. The van der Waals surface area contributed by atoms with Crippen molar-refractivity contribution in [1.82, 2.24) is 5.32 Å². The van der Waals surface area contributed by atoms with Gasteiger partial charge in [0.2, 0.25) is 0 Å². The Labute approximate surface area is 81.3 Å². The van der Waals surface area contributed by atoms with Gasteiger partial charge in [0.05, 0.1) is 0 Å². The van der Waals surface area contributed by atoms with Gasteiger partial charge in [0.15, 0.2) is 0 Å². The molecule has 4 unspecified atom stereocenters. The highest BCUT2D eigenvalue weighted by Gasteiger charge is 2.42. The Morgan fingerprint density at radius 1 is 1.46 bits per heavy atom. The Bertz CT molecular complexity index is 179. The highest BCUT2D eigenvalue weighted by atomic mass is 15.0. The van der Waals surface area contributed by atoms with E-state index >= 15 is 0 Å². The summed E-state index contributed by atoms with van der Waals surface area (Å²) >= 11 is 0. The molecule has 3 N–H and O–H groups in total. The molecule has 0 aromatic heterocycles. The van der Waals surface area contributed by atoms with Crippen molar-refractivity contribution in [3.8, 4) is 0 Å². The molecule has 2 nitrogen and oxygen atoms in total. The van der Waals surface area contributed by atoms with E-state index < -0.39 is 0 Å². The molecule has 2 heteroatoms. The maximum absolute atomic E-state index is 6.03. The van der Waals surface area contributed by atoms with Crippen LogP contribution in [0.1, 0.15) is 33.1 Å². The van der Waals surface area contributed by atoms with E-state index in [1.54, 1.807) is 0 Å². The van der Waals surface area contributed by atoms with Gasteiger partial charge >= 0.3 is 0 Å². The maximum Gasteiger partial charge on any atom is 0.0138 e. The smallest absolute Gasteiger partial charge is 0.0138 e. The first-order valence-electron chi connectivity index (χ1n) is 5.71. The SMILES string of the molecule is CCC1CC2CNC1[C@H](C(C)N)C2. The second kappa shape index (κ2) is 3.58. The van der Waals surface area contributed by atoms with Crippen molar-refractivity contribution in [1.29, 1.82) is 0 Å². The topological polar surface area (TPSA) is 38.0 Å². The number of fused-ring (bicyclic) bond motifs is 3. The van der Waals surface area contributed by atoms with Gasteiger partial charge in [0, 0.05) is 12.1 Å². The Hall–Kier alpha value is -0.0800. The lowest BCUT2D eigenvalue weighted by Gasteiger charge is -2.49. The minimum Gasteiger partial charge on any atom is -0.328 e. The monoisotopic (exact) mass is 182 g/mol. The molecular formula is C11H22N2. The van der Waals surface area contributed by atoms with Crippen molar-refractivity contribution in [2.24, 2.45) is 23.5 Å². The van der Waals surface area contributed by atoms with Crippen molar-refractivity contribution in [2.45, 2.75) is 45.2 Å². The summed E-state index contributed by atoms with van der Waals surface area (Å²) in [6, 6.07) is 1.09. The van der Waals surface area contributed by atoms with Crippen LogP contribution in [0.3, 0.4) is 0 Å². The van der Waals surface area contributed by atoms with Gasteiger partial charge in [0.25, 0.3) is 0 Å². The zero-order valence-corrected chi connectivity index (χ0v) is 8.79. The average Bonchev–Trinajstić information content (AvgIpc) is 2.18. The molecule has 0 aromatic carbocycles. The fraction of sp³-hybridized carbons (Fsp3) is 1.00. The number of hydrogen-bond acceptors (Lipinski definition) is 2. The van der Waals surface area contributed by atoms with Crippen molar-refractivity contribution in [3.63, 3.8) is 0 Å². The van der Waals surface area contributed by atoms with Crippen molar-refractivity contribution >= 4 is 0 Å². The van der Waals surface area contributed by atoms with Gasteiger partial charge in [-0.2, -0.15) is 0 Å². The Morgan fingerprint density at radius 3 is 2.77 bits per heavy atom. The Kier molecular flexibility index (Phi) is 2.61. The first-order valence-corrected chi connectivity index (χ1v) is 5.71. The van der Waals surface area contributed by atoms with Crippen LogP contribution in [0.5, 0.6) is 0 Å². The minimum atomic E-state index is 0.370. The van der Waals surface area contributed by atoms with E-state index in [1.165, 1.54) is 25.8 Å². The van der Waals surface area contributed by atoms with Gasteiger partial charge in [-0.15, -0.1) is 0 Å². The van der Waals surface area contributed by atoms with Crippen LogP contribution in [-0.2, 0) is 0 Å². The highest BCUT2D eigenvalue weighted by Crippen LogP contribution is 2.40. The third-order valence-electron chi connectivity index (χ3n) is 4.05. The Morgan fingerprint density at radius 2 is 2.23 bits per heavy atom. The number of nitrogens with one attached hydrogen (secondary N) is 1. The lowest BCUT2D eigenvalue weighted by molar-refractivity contribution is 0.0626. The van der Waals surface area contributed by atoms with E-state index in [9.17, 15) is 0 Å². The van der Waals surface area contributed by atoms with E-state index in [4.69, 9.17) is 5.73 Å². The van der Waals surface area contributed by atoms with E-state index in [0.717, 1.165) is 23.8 Å². The average molecular weight is 182 g/mol. The molecule has 2 bridgehead atoms. The van der Waals surface area contributed by atoms with Crippen LogP contribution in [0.15, 0.2) is 0 Å². The van der Waals surface area contributed by atoms with Gasteiger partial charge in [0.1, 0.15) is 0 Å².